The molecule has 2 aromatic carbocycles. The van der Waals surface area contributed by atoms with Crippen LogP contribution in [0.5, 0.6) is 5.75 Å². The van der Waals surface area contributed by atoms with Crippen LogP contribution in [0, 0.1) is 11.6 Å². The number of carbonyl (C=O) groups is 1. The lowest BCUT2D eigenvalue weighted by Gasteiger charge is -2.05. The van der Waals surface area contributed by atoms with Crippen LogP contribution in [0.3, 0.4) is 0 Å². The smallest absolute Gasteiger partial charge is 0.193 e. The van der Waals surface area contributed by atoms with Crippen molar-refractivity contribution in [1.29, 1.82) is 0 Å². The number of rotatable bonds is 3. The molecule has 0 atom stereocenters. The van der Waals surface area contributed by atoms with Gasteiger partial charge in [0.2, 0.25) is 0 Å². The van der Waals surface area contributed by atoms with Crippen LogP contribution in [0.2, 0.25) is 0 Å². The molecule has 0 aliphatic heterocycles. The maximum atomic E-state index is 13.5. The standard InChI is InChI=1S/C14H11F2NO2/c1-19-13-5-3-9(7-11(13)16)14(18)8-2-4-12(17)10(15)6-8/h2-7H,17H2,1H3. The first-order valence-electron chi connectivity index (χ1n) is 5.46. The van der Waals surface area contributed by atoms with E-state index in [1.165, 1.54) is 31.4 Å². The summed E-state index contributed by atoms with van der Waals surface area (Å²) in [6.45, 7) is 0. The first kappa shape index (κ1) is 13.0. The maximum Gasteiger partial charge on any atom is 0.193 e. The highest BCUT2D eigenvalue weighted by atomic mass is 19.1. The van der Waals surface area contributed by atoms with Gasteiger partial charge in [-0.1, -0.05) is 0 Å². The van der Waals surface area contributed by atoms with Crippen LogP contribution in [-0.4, -0.2) is 12.9 Å². The Hall–Kier alpha value is -2.43. The third-order valence-corrected chi connectivity index (χ3v) is 2.68. The maximum absolute atomic E-state index is 13.5. The zero-order chi connectivity index (χ0) is 14.0. The molecule has 0 aliphatic rings. The molecule has 0 heterocycles. The average Bonchev–Trinajstić information content (AvgIpc) is 2.41. The lowest BCUT2D eigenvalue weighted by molar-refractivity contribution is 0.103. The minimum Gasteiger partial charge on any atom is -0.494 e. The molecular formula is C14H11F2NO2. The van der Waals surface area contributed by atoms with E-state index in [2.05, 4.69) is 0 Å². The first-order chi connectivity index (χ1) is 9.02. The summed E-state index contributed by atoms with van der Waals surface area (Å²) in [4.78, 5) is 12.0. The third-order valence-electron chi connectivity index (χ3n) is 2.68. The summed E-state index contributed by atoms with van der Waals surface area (Å²) in [7, 11) is 1.33. The molecule has 2 N–H and O–H groups in total. The monoisotopic (exact) mass is 263 g/mol. The largest absolute Gasteiger partial charge is 0.494 e. The van der Waals surface area contributed by atoms with Gasteiger partial charge >= 0.3 is 0 Å². The van der Waals surface area contributed by atoms with Crippen LogP contribution in [0.15, 0.2) is 36.4 Å². The van der Waals surface area contributed by atoms with Crippen molar-refractivity contribution in [2.24, 2.45) is 0 Å². The molecule has 0 saturated carbocycles. The molecule has 0 radical (unpaired) electrons. The molecule has 0 unspecified atom stereocenters. The number of ketones is 1. The van der Waals surface area contributed by atoms with E-state index in [0.29, 0.717) is 0 Å². The Labute approximate surface area is 108 Å². The summed E-state index contributed by atoms with van der Waals surface area (Å²) >= 11 is 0. The number of hydrogen-bond donors (Lipinski definition) is 1. The van der Waals surface area contributed by atoms with Crippen molar-refractivity contribution in [3.05, 3.63) is 59.2 Å². The predicted molar refractivity (Wildman–Crippen MR) is 67.2 cm³/mol. The molecule has 0 fully saturated rings. The van der Waals surface area contributed by atoms with Crippen molar-refractivity contribution in [3.63, 3.8) is 0 Å². The van der Waals surface area contributed by atoms with Crippen molar-refractivity contribution < 1.29 is 18.3 Å². The number of carbonyl (C=O) groups excluding carboxylic acids is 1. The van der Waals surface area contributed by atoms with Crippen molar-refractivity contribution in [3.8, 4) is 5.75 Å². The second-order valence-electron chi connectivity index (χ2n) is 3.91. The minimum absolute atomic E-state index is 0.0417. The van der Waals surface area contributed by atoms with E-state index in [1.807, 2.05) is 0 Å². The summed E-state index contributed by atoms with van der Waals surface area (Å²) in [6.07, 6.45) is 0. The van der Waals surface area contributed by atoms with Gasteiger partial charge in [0.05, 0.1) is 12.8 Å². The van der Waals surface area contributed by atoms with E-state index >= 15 is 0 Å². The van der Waals surface area contributed by atoms with Gasteiger partial charge in [-0.3, -0.25) is 4.79 Å². The molecule has 0 amide bonds. The van der Waals surface area contributed by atoms with Crippen LogP contribution < -0.4 is 10.5 Å². The van der Waals surface area contributed by atoms with Gasteiger partial charge in [-0.2, -0.15) is 0 Å². The quantitative estimate of drug-likeness (QED) is 0.684. The number of nitrogens with two attached hydrogens (primary N) is 1. The van der Waals surface area contributed by atoms with Crippen LogP contribution in [-0.2, 0) is 0 Å². The zero-order valence-electron chi connectivity index (χ0n) is 10.1. The van der Waals surface area contributed by atoms with E-state index < -0.39 is 17.4 Å². The Balaban J connectivity index is 2.38. The summed E-state index contributed by atoms with van der Waals surface area (Å²) in [5, 5.41) is 0. The molecule has 2 rings (SSSR count). The van der Waals surface area contributed by atoms with Crippen LogP contribution in [0.1, 0.15) is 15.9 Å². The van der Waals surface area contributed by atoms with Gasteiger partial charge in [-0.05, 0) is 36.4 Å². The molecule has 0 saturated heterocycles. The summed E-state index contributed by atoms with van der Waals surface area (Å²) in [5.41, 5.74) is 5.50. The van der Waals surface area contributed by atoms with E-state index in [4.69, 9.17) is 10.5 Å². The van der Waals surface area contributed by atoms with Gasteiger partial charge in [0.25, 0.3) is 0 Å². The van der Waals surface area contributed by atoms with Crippen LogP contribution >= 0.6 is 0 Å². The summed E-state index contributed by atoms with van der Waals surface area (Å²) < 4.78 is 31.5. The molecule has 19 heavy (non-hydrogen) atoms. The van der Waals surface area contributed by atoms with Crippen molar-refractivity contribution in [2.45, 2.75) is 0 Å². The number of ether oxygens (including phenoxy) is 1. The number of halogens is 2. The Kier molecular flexibility index (Phi) is 3.46. The molecule has 0 aliphatic carbocycles. The average molecular weight is 263 g/mol. The Bertz CT molecular complexity index is 641. The Morgan fingerprint density at radius 3 is 2.16 bits per heavy atom. The number of nitrogen functional groups attached to an aromatic ring is 1. The predicted octanol–water partition coefficient (Wildman–Crippen LogP) is 2.79. The fourth-order valence-electron chi connectivity index (χ4n) is 1.64. The van der Waals surface area contributed by atoms with E-state index in [-0.39, 0.29) is 22.6 Å². The molecule has 0 spiro atoms. The van der Waals surface area contributed by atoms with Gasteiger partial charge in [-0.25, -0.2) is 8.78 Å². The summed E-state index contributed by atoms with van der Waals surface area (Å²) in [5.74, 6) is -1.77. The highest BCUT2D eigenvalue weighted by molar-refractivity contribution is 6.09. The van der Waals surface area contributed by atoms with E-state index in [1.54, 1.807) is 0 Å². The second kappa shape index (κ2) is 5.06. The fraction of sp³-hybridized carbons (Fsp3) is 0.0714. The SMILES string of the molecule is COc1ccc(C(=O)c2ccc(N)c(F)c2)cc1F. The fourth-order valence-corrected chi connectivity index (χ4v) is 1.64. The van der Waals surface area contributed by atoms with Gasteiger partial charge in [0.15, 0.2) is 17.3 Å². The van der Waals surface area contributed by atoms with Crippen molar-refractivity contribution >= 4 is 11.5 Å². The second-order valence-corrected chi connectivity index (χ2v) is 3.91. The molecule has 2 aromatic rings. The highest BCUT2D eigenvalue weighted by Gasteiger charge is 2.13. The van der Waals surface area contributed by atoms with Gasteiger partial charge in [0, 0.05) is 11.1 Å². The first-order valence-corrected chi connectivity index (χ1v) is 5.46. The zero-order valence-corrected chi connectivity index (χ0v) is 10.1. The van der Waals surface area contributed by atoms with E-state index in [9.17, 15) is 13.6 Å². The van der Waals surface area contributed by atoms with Gasteiger partial charge in [0.1, 0.15) is 5.82 Å². The number of anilines is 1. The molecule has 98 valence electrons. The number of hydrogen-bond acceptors (Lipinski definition) is 3. The summed E-state index contributed by atoms with van der Waals surface area (Å²) in [6, 6.07) is 7.52. The number of methoxy groups -OCH3 is 1. The topological polar surface area (TPSA) is 52.3 Å². The Morgan fingerprint density at radius 1 is 1.05 bits per heavy atom. The van der Waals surface area contributed by atoms with Crippen molar-refractivity contribution in [1.82, 2.24) is 0 Å². The molecular weight excluding hydrogens is 252 g/mol. The van der Waals surface area contributed by atoms with Crippen LogP contribution in [0.25, 0.3) is 0 Å². The van der Waals surface area contributed by atoms with Crippen molar-refractivity contribution in [2.75, 3.05) is 12.8 Å². The lowest BCUT2D eigenvalue weighted by atomic mass is 10.0. The molecule has 5 heteroatoms. The lowest BCUT2D eigenvalue weighted by Crippen LogP contribution is -2.04. The minimum atomic E-state index is -0.681. The normalized spacial score (nSPS) is 10.3. The van der Waals surface area contributed by atoms with Gasteiger partial charge in [-0.15, -0.1) is 0 Å². The number of benzene rings is 2. The van der Waals surface area contributed by atoms with Crippen LogP contribution in [0.4, 0.5) is 14.5 Å². The highest BCUT2D eigenvalue weighted by Crippen LogP contribution is 2.21. The third kappa shape index (κ3) is 2.54. The van der Waals surface area contributed by atoms with Gasteiger partial charge < -0.3 is 10.5 Å². The molecule has 3 nitrogen and oxygen atoms in total. The molecule has 0 aromatic heterocycles. The Morgan fingerprint density at radius 2 is 1.63 bits per heavy atom. The van der Waals surface area contributed by atoms with E-state index in [0.717, 1.165) is 12.1 Å². The molecule has 0 bridgehead atoms.